The molecular weight excluding hydrogens is 310 g/mol. The molecule has 0 fully saturated rings. The third kappa shape index (κ3) is 6.17. The van der Waals surface area contributed by atoms with Crippen molar-refractivity contribution in [3.8, 4) is 0 Å². The summed E-state index contributed by atoms with van der Waals surface area (Å²) in [5, 5.41) is 3.17. The minimum absolute atomic E-state index is 0.00297. The van der Waals surface area contributed by atoms with Crippen LogP contribution in [0.15, 0.2) is 72.8 Å². The topological polar surface area (TPSA) is 29.1 Å². The van der Waals surface area contributed by atoms with Crippen molar-refractivity contribution >= 4 is 14.0 Å². The van der Waals surface area contributed by atoms with E-state index in [-0.39, 0.29) is 11.9 Å². The Kier molecular flexibility index (Phi) is 6.56. The highest BCUT2D eigenvalue weighted by atomic mass is 28.3. The van der Waals surface area contributed by atoms with Gasteiger partial charge in [0.1, 0.15) is 0 Å². The molecule has 0 aromatic heterocycles. The molecule has 0 spiro atoms. The first-order valence-corrected chi connectivity index (χ1v) is 12.2. The monoisotopic (exact) mass is 337 g/mol. The van der Waals surface area contributed by atoms with Crippen LogP contribution in [0.4, 0.5) is 0 Å². The molecule has 1 atom stereocenters. The van der Waals surface area contributed by atoms with Gasteiger partial charge in [-0.1, -0.05) is 80.3 Å². The zero-order valence-corrected chi connectivity index (χ0v) is 15.8. The SMILES string of the molecule is C[Si](C)(C)C/C=C/CC(NC(=O)c1ccccc1)c1ccccc1. The van der Waals surface area contributed by atoms with Crippen molar-refractivity contribution in [2.45, 2.75) is 38.1 Å². The molecule has 0 aliphatic rings. The van der Waals surface area contributed by atoms with Crippen molar-refractivity contribution in [2.24, 2.45) is 0 Å². The zero-order chi connectivity index (χ0) is 17.4. The lowest BCUT2D eigenvalue weighted by molar-refractivity contribution is 0.0937. The highest BCUT2D eigenvalue weighted by Crippen LogP contribution is 2.19. The summed E-state index contributed by atoms with van der Waals surface area (Å²) >= 11 is 0. The zero-order valence-electron chi connectivity index (χ0n) is 14.8. The smallest absolute Gasteiger partial charge is 0.251 e. The van der Waals surface area contributed by atoms with E-state index >= 15 is 0 Å². The molecule has 24 heavy (non-hydrogen) atoms. The van der Waals surface area contributed by atoms with Crippen LogP contribution in [0.2, 0.25) is 25.7 Å². The average molecular weight is 338 g/mol. The van der Waals surface area contributed by atoms with Gasteiger partial charge in [0.2, 0.25) is 0 Å². The van der Waals surface area contributed by atoms with Crippen molar-refractivity contribution in [3.63, 3.8) is 0 Å². The van der Waals surface area contributed by atoms with Gasteiger partial charge < -0.3 is 5.32 Å². The van der Waals surface area contributed by atoms with Crippen LogP contribution in [-0.2, 0) is 0 Å². The molecule has 2 aromatic rings. The first-order chi connectivity index (χ1) is 11.5. The van der Waals surface area contributed by atoms with Gasteiger partial charge in [-0.15, -0.1) is 0 Å². The second kappa shape index (κ2) is 8.64. The molecular formula is C21H27NOSi. The Balaban J connectivity index is 2.08. The molecule has 0 heterocycles. The van der Waals surface area contributed by atoms with Gasteiger partial charge in [-0.25, -0.2) is 0 Å². The Hall–Kier alpha value is -2.13. The molecule has 2 aromatic carbocycles. The van der Waals surface area contributed by atoms with E-state index in [9.17, 15) is 4.79 Å². The number of amides is 1. The first-order valence-electron chi connectivity index (χ1n) is 8.51. The molecule has 0 saturated heterocycles. The molecule has 126 valence electrons. The van der Waals surface area contributed by atoms with Crippen LogP contribution in [0.5, 0.6) is 0 Å². The number of hydrogen-bond acceptors (Lipinski definition) is 1. The maximum absolute atomic E-state index is 12.5. The van der Waals surface area contributed by atoms with E-state index in [1.807, 2.05) is 48.5 Å². The van der Waals surface area contributed by atoms with Crippen LogP contribution in [-0.4, -0.2) is 14.0 Å². The van der Waals surface area contributed by atoms with Crippen molar-refractivity contribution in [1.82, 2.24) is 5.32 Å². The van der Waals surface area contributed by atoms with Gasteiger partial charge in [-0.2, -0.15) is 0 Å². The normalized spacial score (nSPS) is 13.0. The summed E-state index contributed by atoms with van der Waals surface area (Å²) in [6, 6.07) is 20.7. The Morgan fingerprint density at radius 2 is 1.54 bits per heavy atom. The summed E-state index contributed by atoms with van der Waals surface area (Å²) in [6.45, 7) is 7.09. The number of carbonyl (C=O) groups excluding carboxylic acids is 1. The predicted octanol–water partition coefficient (Wildman–Crippen LogP) is 5.44. The highest BCUT2D eigenvalue weighted by molar-refractivity contribution is 6.76. The van der Waals surface area contributed by atoms with Gasteiger partial charge in [-0.05, 0) is 30.2 Å². The second-order valence-electron chi connectivity index (χ2n) is 7.27. The van der Waals surface area contributed by atoms with Gasteiger partial charge in [0, 0.05) is 13.6 Å². The molecule has 0 saturated carbocycles. The molecule has 0 aliphatic heterocycles. The van der Waals surface area contributed by atoms with E-state index in [2.05, 4.69) is 49.2 Å². The van der Waals surface area contributed by atoms with Crippen molar-refractivity contribution < 1.29 is 4.79 Å². The molecule has 2 nitrogen and oxygen atoms in total. The van der Waals surface area contributed by atoms with Gasteiger partial charge in [0.05, 0.1) is 6.04 Å². The van der Waals surface area contributed by atoms with E-state index in [1.54, 1.807) is 0 Å². The summed E-state index contributed by atoms with van der Waals surface area (Å²) in [5.41, 5.74) is 1.84. The summed E-state index contributed by atoms with van der Waals surface area (Å²) in [4.78, 5) is 12.5. The Bertz CT molecular complexity index is 659. The van der Waals surface area contributed by atoms with Gasteiger partial charge in [0.25, 0.3) is 5.91 Å². The van der Waals surface area contributed by atoms with E-state index in [1.165, 1.54) is 6.04 Å². The number of rotatable bonds is 7. The average Bonchev–Trinajstić information content (AvgIpc) is 2.58. The van der Waals surface area contributed by atoms with Crippen LogP contribution in [0, 0.1) is 0 Å². The third-order valence-corrected chi connectivity index (χ3v) is 5.27. The molecule has 0 aliphatic carbocycles. The van der Waals surface area contributed by atoms with Crippen molar-refractivity contribution in [3.05, 3.63) is 83.9 Å². The van der Waals surface area contributed by atoms with Gasteiger partial charge in [-0.3, -0.25) is 4.79 Å². The van der Waals surface area contributed by atoms with Crippen LogP contribution in [0.1, 0.15) is 28.4 Å². The number of hydrogen-bond donors (Lipinski definition) is 1. The molecule has 1 amide bonds. The Labute approximate surface area is 146 Å². The van der Waals surface area contributed by atoms with Crippen LogP contribution < -0.4 is 5.32 Å². The number of carbonyl (C=O) groups is 1. The lowest BCUT2D eigenvalue weighted by atomic mass is 10.0. The molecule has 3 heteroatoms. The van der Waals surface area contributed by atoms with Crippen LogP contribution >= 0.6 is 0 Å². The van der Waals surface area contributed by atoms with E-state index in [0.717, 1.165) is 12.0 Å². The fourth-order valence-electron chi connectivity index (χ4n) is 2.46. The largest absolute Gasteiger partial charge is 0.345 e. The lowest BCUT2D eigenvalue weighted by Gasteiger charge is -2.18. The van der Waals surface area contributed by atoms with E-state index in [0.29, 0.717) is 5.56 Å². The maximum Gasteiger partial charge on any atom is 0.251 e. The number of allylic oxidation sites excluding steroid dienone is 1. The summed E-state index contributed by atoms with van der Waals surface area (Å²) in [7, 11) is -1.07. The van der Waals surface area contributed by atoms with Crippen molar-refractivity contribution in [1.29, 1.82) is 0 Å². The quantitative estimate of drug-likeness (QED) is 0.529. The first kappa shape index (κ1) is 18.2. The Morgan fingerprint density at radius 3 is 2.12 bits per heavy atom. The second-order valence-corrected chi connectivity index (χ2v) is 12.8. The van der Waals surface area contributed by atoms with Crippen LogP contribution in [0.3, 0.4) is 0 Å². The fraction of sp³-hybridized carbons (Fsp3) is 0.286. The molecule has 2 rings (SSSR count). The van der Waals surface area contributed by atoms with E-state index in [4.69, 9.17) is 0 Å². The van der Waals surface area contributed by atoms with E-state index < -0.39 is 8.07 Å². The number of benzene rings is 2. The molecule has 0 bridgehead atoms. The fourth-order valence-corrected chi connectivity index (χ4v) is 3.34. The summed E-state index contributed by atoms with van der Waals surface area (Å²) in [6.07, 6.45) is 5.30. The Morgan fingerprint density at radius 1 is 0.958 bits per heavy atom. The van der Waals surface area contributed by atoms with Gasteiger partial charge in [0.15, 0.2) is 0 Å². The number of nitrogens with one attached hydrogen (secondary N) is 1. The standard InChI is InChI=1S/C21H27NOSi/c1-24(2,3)17-11-10-16-20(18-12-6-4-7-13-18)22-21(23)19-14-8-5-9-15-19/h4-15,20H,16-17H2,1-3H3,(H,22,23)/b11-10+. The lowest BCUT2D eigenvalue weighted by Crippen LogP contribution is -2.28. The molecule has 1 unspecified atom stereocenters. The van der Waals surface area contributed by atoms with Crippen molar-refractivity contribution in [2.75, 3.05) is 0 Å². The predicted molar refractivity (Wildman–Crippen MR) is 105 cm³/mol. The minimum Gasteiger partial charge on any atom is -0.345 e. The summed E-state index contributed by atoms with van der Waals surface area (Å²) < 4.78 is 0. The maximum atomic E-state index is 12.5. The third-order valence-electron chi connectivity index (χ3n) is 3.81. The highest BCUT2D eigenvalue weighted by Gasteiger charge is 2.15. The summed E-state index contributed by atoms with van der Waals surface area (Å²) in [5.74, 6) is -0.0250. The minimum atomic E-state index is -1.07. The van der Waals surface area contributed by atoms with Crippen LogP contribution in [0.25, 0.3) is 0 Å². The van der Waals surface area contributed by atoms with Gasteiger partial charge >= 0.3 is 0 Å². The molecule has 1 N–H and O–H groups in total. The molecule has 0 radical (unpaired) electrons.